The number of rotatable bonds is 1. The van der Waals surface area contributed by atoms with Crippen LogP contribution in [-0.2, 0) is 0 Å². The van der Waals surface area contributed by atoms with E-state index < -0.39 is 0 Å². The quantitative estimate of drug-likeness (QED) is 0.792. The molecule has 84 valence electrons. The molecule has 2 heterocycles. The van der Waals surface area contributed by atoms with Crippen molar-refractivity contribution >= 4 is 11.6 Å². The largest absolute Gasteiger partial charge is 0.346 e. The molecule has 4 heteroatoms. The molecule has 0 aliphatic heterocycles. The van der Waals surface area contributed by atoms with Gasteiger partial charge in [-0.05, 0) is 32.9 Å². The zero-order chi connectivity index (χ0) is 11.8. The van der Waals surface area contributed by atoms with Crippen molar-refractivity contribution in [2.45, 2.75) is 26.3 Å². The fourth-order valence-electron chi connectivity index (χ4n) is 1.45. The SMILES string of the molecule is CC(C)(C)NC(=O)c1cn2ccccc2n1. The number of aromatic nitrogens is 2. The van der Waals surface area contributed by atoms with Gasteiger partial charge in [0.25, 0.3) is 5.91 Å². The first kappa shape index (κ1) is 10.7. The standard InChI is InChI=1S/C12H15N3O/c1-12(2,3)14-11(16)9-8-15-7-5-4-6-10(15)13-9/h4-8H,1-3H3,(H,14,16). The number of nitrogens with zero attached hydrogens (tertiary/aromatic N) is 2. The highest BCUT2D eigenvalue weighted by molar-refractivity contribution is 5.93. The van der Waals surface area contributed by atoms with E-state index in [-0.39, 0.29) is 11.4 Å². The maximum atomic E-state index is 11.8. The fraction of sp³-hybridized carbons (Fsp3) is 0.333. The van der Waals surface area contributed by atoms with Gasteiger partial charge >= 0.3 is 0 Å². The molecule has 16 heavy (non-hydrogen) atoms. The highest BCUT2D eigenvalue weighted by Gasteiger charge is 2.17. The molecule has 0 bridgehead atoms. The molecule has 0 aromatic carbocycles. The summed E-state index contributed by atoms with van der Waals surface area (Å²) in [5.41, 5.74) is 0.982. The predicted octanol–water partition coefficient (Wildman–Crippen LogP) is 1.86. The van der Waals surface area contributed by atoms with Gasteiger partial charge in [0.2, 0.25) is 0 Å². The smallest absolute Gasteiger partial charge is 0.271 e. The lowest BCUT2D eigenvalue weighted by Gasteiger charge is -2.19. The number of amides is 1. The maximum Gasteiger partial charge on any atom is 0.271 e. The van der Waals surface area contributed by atoms with Gasteiger partial charge < -0.3 is 9.72 Å². The van der Waals surface area contributed by atoms with Crippen molar-refractivity contribution in [1.82, 2.24) is 14.7 Å². The number of hydrogen-bond donors (Lipinski definition) is 1. The maximum absolute atomic E-state index is 11.8. The van der Waals surface area contributed by atoms with Crippen LogP contribution in [0.4, 0.5) is 0 Å². The summed E-state index contributed by atoms with van der Waals surface area (Å²) in [5, 5.41) is 2.88. The molecule has 0 unspecified atom stereocenters. The minimum absolute atomic E-state index is 0.142. The van der Waals surface area contributed by atoms with Crippen LogP contribution in [0, 0.1) is 0 Å². The van der Waals surface area contributed by atoms with E-state index in [9.17, 15) is 4.79 Å². The minimum atomic E-state index is -0.243. The Morgan fingerprint density at radius 3 is 2.75 bits per heavy atom. The monoisotopic (exact) mass is 217 g/mol. The third-order valence-electron chi connectivity index (χ3n) is 2.09. The molecule has 0 fully saturated rings. The molecule has 2 aromatic heterocycles. The molecule has 0 aliphatic rings. The topological polar surface area (TPSA) is 46.4 Å². The van der Waals surface area contributed by atoms with Gasteiger partial charge in [0, 0.05) is 17.9 Å². The van der Waals surface area contributed by atoms with Gasteiger partial charge in [-0.15, -0.1) is 0 Å². The van der Waals surface area contributed by atoms with E-state index in [1.807, 2.05) is 49.6 Å². The zero-order valence-corrected chi connectivity index (χ0v) is 9.69. The lowest BCUT2D eigenvalue weighted by atomic mass is 10.1. The van der Waals surface area contributed by atoms with Crippen molar-refractivity contribution in [3.63, 3.8) is 0 Å². The number of pyridine rings is 1. The van der Waals surface area contributed by atoms with Crippen LogP contribution in [0.25, 0.3) is 5.65 Å². The Hall–Kier alpha value is -1.84. The van der Waals surface area contributed by atoms with Gasteiger partial charge in [-0.3, -0.25) is 4.79 Å². The number of nitrogens with one attached hydrogen (secondary N) is 1. The molecule has 1 N–H and O–H groups in total. The molecule has 0 aliphatic carbocycles. The first-order valence-corrected chi connectivity index (χ1v) is 5.22. The van der Waals surface area contributed by atoms with Gasteiger partial charge in [0.15, 0.2) is 0 Å². The van der Waals surface area contributed by atoms with Crippen LogP contribution in [0.15, 0.2) is 30.6 Å². The summed E-state index contributed by atoms with van der Waals surface area (Å²) in [6, 6.07) is 5.67. The molecule has 0 radical (unpaired) electrons. The molecule has 2 rings (SSSR count). The fourth-order valence-corrected chi connectivity index (χ4v) is 1.45. The van der Waals surface area contributed by atoms with E-state index >= 15 is 0 Å². The number of carbonyl (C=O) groups excluding carboxylic acids is 1. The van der Waals surface area contributed by atoms with Crippen molar-refractivity contribution in [1.29, 1.82) is 0 Å². The average Bonchev–Trinajstić information content (AvgIpc) is 2.58. The van der Waals surface area contributed by atoms with E-state index in [4.69, 9.17) is 0 Å². The van der Waals surface area contributed by atoms with E-state index in [1.165, 1.54) is 0 Å². The van der Waals surface area contributed by atoms with Crippen LogP contribution in [0.3, 0.4) is 0 Å². The van der Waals surface area contributed by atoms with Crippen molar-refractivity contribution in [3.05, 3.63) is 36.3 Å². The van der Waals surface area contributed by atoms with Crippen molar-refractivity contribution in [2.24, 2.45) is 0 Å². The van der Waals surface area contributed by atoms with Gasteiger partial charge in [-0.2, -0.15) is 0 Å². The first-order chi connectivity index (χ1) is 7.46. The van der Waals surface area contributed by atoms with Crippen molar-refractivity contribution in [3.8, 4) is 0 Å². The molecular weight excluding hydrogens is 202 g/mol. The Labute approximate surface area is 94.3 Å². The summed E-state index contributed by atoms with van der Waals surface area (Å²) in [7, 11) is 0. The summed E-state index contributed by atoms with van der Waals surface area (Å²) in [5.74, 6) is -0.142. The van der Waals surface area contributed by atoms with E-state index in [0.29, 0.717) is 5.69 Å². The number of hydrogen-bond acceptors (Lipinski definition) is 2. The van der Waals surface area contributed by atoms with Crippen LogP contribution in [0.5, 0.6) is 0 Å². The minimum Gasteiger partial charge on any atom is -0.346 e. The van der Waals surface area contributed by atoms with Crippen molar-refractivity contribution < 1.29 is 4.79 Å². The normalized spacial score (nSPS) is 11.7. The predicted molar refractivity (Wildman–Crippen MR) is 62.4 cm³/mol. The Balaban J connectivity index is 2.30. The molecular formula is C12H15N3O. The average molecular weight is 217 g/mol. The van der Waals surface area contributed by atoms with Crippen molar-refractivity contribution in [2.75, 3.05) is 0 Å². The number of imidazole rings is 1. The molecule has 4 nitrogen and oxygen atoms in total. The Bertz CT molecular complexity index is 489. The van der Waals surface area contributed by atoms with Gasteiger partial charge in [-0.1, -0.05) is 6.07 Å². The van der Waals surface area contributed by atoms with Crippen LogP contribution in [0.2, 0.25) is 0 Å². The highest BCUT2D eigenvalue weighted by Crippen LogP contribution is 2.06. The first-order valence-electron chi connectivity index (χ1n) is 5.22. The zero-order valence-electron chi connectivity index (χ0n) is 9.69. The third kappa shape index (κ3) is 2.21. The van der Waals surface area contributed by atoms with Crippen LogP contribution < -0.4 is 5.32 Å². The second-order valence-electron chi connectivity index (χ2n) is 4.80. The van der Waals surface area contributed by atoms with Crippen LogP contribution in [0.1, 0.15) is 31.3 Å². The lowest BCUT2D eigenvalue weighted by Crippen LogP contribution is -2.40. The summed E-state index contributed by atoms with van der Waals surface area (Å²) in [6.45, 7) is 5.84. The van der Waals surface area contributed by atoms with E-state index in [2.05, 4.69) is 10.3 Å². The van der Waals surface area contributed by atoms with Gasteiger partial charge in [0.05, 0.1) is 0 Å². The highest BCUT2D eigenvalue weighted by atomic mass is 16.2. The Morgan fingerprint density at radius 2 is 2.12 bits per heavy atom. The molecule has 1 amide bonds. The second kappa shape index (κ2) is 3.63. The third-order valence-corrected chi connectivity index (χ3v) is 2.09. The Morgan fingerprint density at radius 1 is 1.38 bits per heavy atom. The van der Waals surface area contributed by atoms with Crippen LogP contribution in [-0.4, -0.2) is 20.8 Å². The second-order valence-corrected chi connectivity index (χ2v) is 4.80. The number of fused-ring (bicyclic) bond motifs is 1. The van der Waals surface area contributed by atoms with Gasteiger partial charge in [0.1, 0.15) is 11.3 Å². The lowest BCUT2D eigenvalue weighted by molar-refractivity contribution is 0.0915. The molecule has 2 aromatic rings. The molecule has 0 saturated carbocycles. The summed E-state index contributed by atoms with van der Waals surface area (Å²) in [4.78, 5) is 16.1. The molecule has 0 saturated heterocycles. The number of carbonyl (C=O) groups is 1. The van der Waals surface area contributed by atoms with Crippen LogP contribution >= 0.6 is 0 Å². The molecule has 0 atom stereocenters. The molecule has 0 spiro atoms. The summed E-state index contributed by atoms with van der Waals surface area (Å²) >= 11 is 0. The summed E-state index contributed by atoms with van der Waals surface area (Å²) < 4.78 is 1.83. The van der Waals surface area contributed by atoms with Gasteiger partial charge in [-0.25, -0.2) is 4.98 Å². The van der Waals surface area contributed by atoms with E-state index in [1.54, 1.807) is 6.20 Å². The summed E-state index contributed by atoms with van der Waals surface area (Å²) in [6.07, 6.45) is 3.60. The Kier molecular flexibility index (Phi) is 2.42. The van der Waals surface area contributed by atoms with E-state index in [0.717, 1.165) is 5.65 Å².